The lowest BCUT2D eigenvalue weighted by atomic mass is 10.1. The van der Waals surface area contributed by atoms with Crippen molar-refractivity contribution >= 4 is 35.3 Å². The minimum absolute atomic E-state index is 0.267. The molecule has 2 heterocycles. The van der Waals surface area contributed by atoms with Gasteiger partial charge < -0.3 is 19.5 Å². The number of amides is 2. The minimum Gasteiger partial charge on any atom is -0.465 e. The van der Waals surface area contributed by atoms with Crippen LogP contribution in [0.4, 0.5) is 11.4 Å². The maximum Gasteiger partial charge on any atom is 0.248 e. The highest BCUT2D eigenvalue weighted by atomic mass is 16.3. The van der Waals surface area contributed by atoms with Crippen LogP contribution < -0.4 is 10.6 Å². The molecule has 0 unspecified atom stereocenters. The van der Waals surface area contributed by atoms with Crippen molar-refractivity contribution < 1.29 is 18.4 Å². The minimum atomic E-state index is -0.267. The largest absolute Gasteiger partial charge is 0.465 e. The van der Waals surface area contributed by atoms with Crippen molar-refractivity contribution in [2.24, 2.45) is 0 Å². The van der Waals surface area contributed by atoms with Crippen LogP contribution in [0.3, 0.4) is 0 Å². The maximum atomic E-state index is 12.1. The third-order valence-corrected chi connectivity index (χ3v) is 3.97. The van der Waals surface area contributed by atoms with E-state index < -0.39 is 0 Å². The fourth-order valence-corrected chi connectivity index (χ4v) is 2.52. The molecule has 0 atom stereocenters. The first-order valence-electron chi connectivity index (χ1n) is 8.67. The zero-order valence-corrected chi connectivity index (χ0v) is 15.6. The number of hydrogen-bond acceptors (Lipinski definition) is 4. The van der Waals surface area contributed by atoms with E-state index in [4.69, 9.17) is 8.83 Å². The highest BCUT2D eigenvalue weighted by Crippen LogP contribution is 2.24. The molecular formula is C22H20N2O4. The molecule has 3 aromatic rings. The van der Waals surface area contributed by atoms with Gasteiger partial charge in [-0.3, -0.25) is 9.59 Å². The van der Waals surface area contributed by atoms with Crippen LogP contribution in [0.15, 0.2) is 69.9 Å². The fourth-order valence-electron chi connectivity index (χ4n) is 2.52. The van der Waals surface area contributed by atoms with Gasteiger partial charge in [0.25, 0.3) is 0 Å². The number of rotatable bonds is 6. The van der Waals surface area contributed by atoms with Crippen LogP contribution in [-0.4, -0.2) is 11.8 Å². The highest BCUT2D eigenvalue weighted by molar-refractivity contribution is 6.04. The Morgan fingerprint density at radius 1 is 0.786 bits per heavy atom. The molecule has 28 heavy (non-hydrogen) atoms. The van der Waals surface area contributed by atoms with Crippen LogP contribution in [0.5, 0.6) is 0 Å². The number of carbonyl (C=O) groups excluding carboxylic acids is 2. The van der Waals surface area contributed by atoms with Crippen molar-refractivity contribution in [3.63, 3.8) is 0 Å². The average molecular weight is 376 g/mol. The van der Waals surface area contributed by atoms with Gasteiger partial charge in [-0.15, -0.1) is 0 Å². The number of anilines is 2. The molecule has 0 radical (unpaired) electrons. The summed E-state index contributed by atoms with van der Waals surface area (Å²) in [4.78, 5) is 24.2. The predicted octanol–water partition coefficient (Wildman–Crippen LogP) is 4.79. The van der Waals surface area contributed by atoms with Crippen molar-refractivity contribution in [1.82, 2.24) is 0 Å². The lowest BCUT2D eigenvalue weighted by Crippen LogP contribution is -2.12. The lowest BCUT2D eigenvalue weighted by molar-refractivity contribution is -0.112. The molecular weight excluding hydrogens is 356 g/mol. The van der Waals surface area contributed by atoms with E-state index in [1.165, 1.54) is 12.2 Å². The molecule has 2 N–H and O–H groups in total. The SMILES string of the molecule is Cc1cc(NC(=O)C=Cc2ccco2)c(C)cc1NC(=O)C=Cc1ccco1. The molecule has 0 bridgehead atoms. The summed E-state index contributed by atoms with van der Waals surface area (Å²) < 4.78 is 10.3. The van der Waals surface area contributed by atoms with E-state index in [1.807, 2.05) is 26.0 Å². The number of furan rings is 2. The standard InChI is InChI=1S/C22H20N2O4/c1-15-13-20(24-22(26)10-8-18-6-4-12-28-18)16(2)14-19(15)23-21(25)9-7-17-5-3-11-27-17/h3-14H,1-2H3,(H,23,25)(H,24,26). The van der Waals surface area contributed by atoms with Crippen LogP contribution in [0, 0.1) is 13.8 Å². The number of nitrogens with one attached hydrogen (secondary N) is 2. The smallest absolute Gasteiger partial charge is 0.248 e. The first kappa shape index (κ1) is 19.0. The Morgan fingerprint density at radius 2 is 1.21 bits per heavy atom. The number of carbonyl (C=O) groups is 2. The van der Waals surface area contributed by atoms with Crippen LogP contribution in [-0.2, 0) is 9.59 Å². The van der Waals surface area contributed by atoms with Crippen molar-refractivity contribution in [1.29, 1.82) is 0 Å². The van der Waals surface area contributed by atoms with E-state index in [0.717, 1.165) is 11.1 Å². The lowest BCUT2D eigenvalue weighted by Gasteiger charge is -2.13. The third kappa shape index (κ3) is 5.11. The molecule has 0 saturated heterocycles. The van der Waals surface area contributed by atoms with Gasteiger partial charge >= 0.3 is 0 Å². The summed E-state index contributed by atoms with van der Waals surface area (Å²) in [5.74, 6) is 0.668. The van der Waals surface area contributed by atoms with Gasteiger partial charge in [0.05, 0.1) is 12.5 Å². The number of hydrogen-bond donors (Lipinski definition) is 2. The van der Waals surface area contributed by atoms with Crippen LogP contribution in [0.2, 0.25) is 0 Å². The Labute approximate surface area is 162 Å². The summed E-state index contributed by atoms with van der Waals surface area (Å²) in [6.45, 7) is 3.72. The van der Waals surface area contributed by atoms with E-state index in [9.17, 15) is 9.59 Å². The maximum absolute atomic E-state index is 12.1. The van der Waals surface area contributed by atoms with Crippen LogP contribution >= 0.6 is 0 Å². The summed E-state index contributed by atoms with van der Waals surface area (Å²) in [5, 5.41) is 5.66. The molecule has 0 spiro atoms. The molecule has 0 fully saturated rings. The Kier molecular flexibility index (Phi) is 5.91. The highest BCUT2D eigenvalue weighted by Gasteiger charge is 2.08. The van der Waals surface area contributed by atoms with E-state index in [0.29, 0.717) is 22.9 Å². The third-order valence-electron chi connectivity index (χ3n) is 3.97. The molecule has 0 aliphatic carbocycles. The molecule has 1 aromatic carbocycles. The van der Waals surface area contributed by atoms with E-state index >= 15 is 0 Å². The second-order valence-electron chi connectivity index (χ2n) is 6.16. The van der Waals surface area contributed by atoms with E-state index in [2.05, 4.69) is 10.6 Å². The van der Waals surface area contributed by atoms with Crippen molar-refractivity contribution in [3.05, 3.63) is 83.7 Å². The Bertz CT molecular complexity index is 929. The van der Waals surface area contributed by atoms with Crippen molar-refractivity contribution in [2.75, 3.05) is 10.6 Å². The fraction of sp³-hybridized carbons (Fsp3) is 0.0909. The Hall–Kier alpha value is -3.80. The van der Waals surface area contributed by atoms with Gasteiger partial charge in [-0.05, 0) is 73.5 Å². The summed E-state index contributed by atoms with van der Waals surface area (Å²) in [5.41, 5.74) is 3.01. The zero-order valence-electron chi connectivity index (χ0n) is 15.6. The molecule has 0 saturated carbocycles. The second-order valence-corrected chi connectivity index (χ2v) is 6.16. The van der Waals surface area contributed by atoms with E-state index in [-0.39, 0.29) is 11.8 Å². The van der Waals surface area contributed by atoms with Gasteiger partial charge in [-0.1, -0.05) is 0 Å². The van der Waals surface area contributed by atoms with Crippen molar-refractivity contribution in [3.8, 4) is 0 Å². The number of aryl methyl sites for hydroxylation is 2. The van der Waals surface area contributed by atoms with Gasteiger partial charge in [0.15, 0.2) is 0 Å². The molecule has 3 rings (SSSR count). The molecule has 0 aliphatic heterocycles. The van der Waals surface area contributed by atoms with Gasteiger partial charge in [0, 0.05) is 23.5 Å². The Balaban J connectivity index is 1.65. The molecule has 2 aromatic heterocycles. The topological polar surface area (TPSA) is 84.5 Å². The van der Waals surface area contributed by atoms with Gasteiger partial charge in [0.2, 0.25) is 11.8 Å². The molecule has 142 valence electrons. The first-order chi connectivity index (χ1) is 13.5. The van der Waals surface area contributed by atoms with Crippen LogP contribution in [0.25, 0.3) is 12.2 Å². The summed E-state index contributed by atoms with van der Waals surface area (Å²) in [6.07, 6.45) is 9.09. The molecule has 2 amide bonds. The molecule has 0 aliphatic rings. The monoisotopic (exact) mass is 376 g/mol. The van der Waals surface area contributed by atoms with Gasteiger partial charge in [-0.25, -0.2) is 0 Å². The molecule has 6 nitrogen and oxygen atoms in total. The summed E-state index contributed by atoms with van der Waals surface area (Å²) in [7, 11) is 0. The quantitative estimate of drug-likeness (QED) is 0.606. The summed E-state index contributed by atoms with van der Waals surface area (Å²) >= 11 is 0. The molecule has 6 heteroatoms. The van der Waals surface area contributed by atoms with Crippen molar-refractivity contribution in [2.45, 2.75) is 13.8 Å². The summed E-state index contributed by atoms with van der Waals surface area (Å²) in [6, 6.07) is 10.7. The van der Waals surface area contributed by atoms with Crippen LogP contribution in [0.1, 0.15) is 22.6 Å². The Morgan fingerprint density at radius 3 is 1.57 bits per heavy atom. The van der Waals surface area contributed by atoms with E-state index in [1.54, 1.807) is 48.9 Å². The van der Waals surface area contributed by atoms with Gasteiger partial charge in [-0.2, -0.15) is 0 Å². The van der Waals surface area contributed by atoms with Gasteiger partial charge in [0.1, 0.15) is 11.5 Å². The average Bonchev–Trinajstić information content (AvgIpc) is 3.36. The second kappa shape index (κ2) is 8.73. The zero-order chi connectivity index (χ0) is 19.9. The predicted molar refractivity (Wildman–Crippen MR) is 109 cm³/mol. The first-order valence-corrected chi connectivity index (χ1v) is 8.67. The number of benzene rings is 1. The normalized spacial score (nSPS) is 11.2.